The van der Waals surface area contributed by atoms with Crippen molar-refractivity contribution in [1.82, 2.24) is 19.7 Å². The van der Waals surface area contributed by atoms with Gasteiger partial charge in [-0.15, -0.1) is 10.2 Å². The van der Waals surface area contributed by atoms with Crippen LogP contribution < -0.4 is 9.80 Å². The Bertz CT molecular complexity index is 1900. The number of aromatic nitrogens is 4. The second-order valence-corrected chi connectivity index (χ2v) is 15.2. The van der Waals surface area contributed by atoms with Crippen LogP contribution in [0.4, 0.5) is 11.4 Å². The van der Waals surface area contributed by atoms with Crippen molar-refractivity contribution < 1.29 is 14.0 Å². The number of fused-ring (bicyclic) bond motifs is 2. The Labute approximate surface area is 269 Å². The number of hydrogen-bond acceptors (Lipinski definition) is 6. The van der Waals surface area contributed by atoms with Gasteiger partial charge in [0.1, 0.15) is 0 Å². The van der Waals surface area contributed by atoms with E-state index in [2.05, 4.69) is 37.9 Å². The molecule has 9 nitrogen and oxygen atoms in total. The van der Waals surface area contributed by atoms with Gasteiger partial charge < -0.3 is 18.8 Å². The summed E-state index contributed by atoms with van der Waals surface area (Å²) in [6.45, 7) is 8.11. The molecule has 2 amide bonds. The minimum absolute atomic E-state index is 0.205. The van der Waals surface area contributed by atoms with E-state index in [1.54, 1.807) is 0 Å². The van der Waals surface area contributed by atoms with Crippen molar-refractivity contribution in [3.8, 4) is 17.1 Å². The van der Waals surface area contributed by atoms with Crippen molar-refractivity contribution >= 4 is 23.2 Å². The fourth-order valence-corrected chi connectivity index (χ4v) is 7.28. The van der Waals surface area contributed by atoms with E-state index in [1.807, 2.05) is 68.2 Å². The molecule has 2 aliphatic heterocycles. The van der Waals surface area contributed by atoms with Gasteiger partial charge in [-0.3, -0.25) is 9.59 Å². The van der Waals surface area contributed by atoms with Crippen LogP contribution in [-0.4, -0.2) is 43.6 Å². The molecular weight excluding hydrogens is 576 g/mol. The zero-order chi connectivity index (χ0) is 31.5. The Hall–Kier alpha value is -4.27. The molecule has 4 heterocycles. The molecule has 0 atom stereocenters. The van der Waals surface area contributed by atoms with Gasteiger partial charge in [-0.05, 0) is 114 Å². The van der Waals surface area contributed by atoms with E-state index in [0.29, 0.717) is 29.8 Å². The van der Waals surface area contributed by atoms with Crippen LogP contribution in [0.2, 0.25) is 0 Å². The van der Waals surface area contributed by atoms with Crippen molar-refractivity contribution in [2.75, 3.05) is 9.80 Å². The summed E-state index contributed by atoms with van der Waals surface area (Å²) in [7, 11) is 0. The van der Waals surface area contributed by atoms with Gasteiger partial charge in [0.15, 0.2) is 0 Å². The van der Waals surface area contributed by atoms with Crippen LogP contribution in [0.1, 0.15) is 114 Å². The molecule has 4 aliphatic carbocycles. The molecule has 236 valence electrons. The Morgan fingerprint density at radius 3 is 1.89 bits per heavy atom. The van der Waals surface area contributed by atoms with Crippen LogP contribution in [0, 0.1) is 0 Å². The molecule has 2 aromatic carbocycles. The first-order valence-corrected chi connectivity index (χ1v) is 17.0. The molecule has 4 aromatic rings. The zero-order valence-electron chi connectivity index (χ0n) is 27.0. The van der Waals surface area contributed by atoms with Crippen molar-refractivity contribution in [2.24, 2.45) is 0 Å². The predicted molar refractivity (Wildman–Crippen MR) is 174 cm³/mol. The van der Waals surface area contributed by atoms with Crippen LogP contribution in [0.3, 0.4) is 0 Å². The smallest absolute Gasteiger partial charge is 0.247 e. The maximum Gasteiger partial charge on any atom is 0.247 e. The molecule has 4 fully saturated rings. The highest BCUT2D eigenvalue weighted by atomic mass is 16.4. The number of nitrogens with zero attached hydrogens (tertiary/aromatic N) is 6. The first-order chi connectivity index (χ1) is 22.1. The van der Waals surface area contributed by atoms with Crippen LogP contribution in [0.25, 0.3) is 17.1 Å². The average molecular weight is 617 g/mol. The fourth-order valence-electron chi connectivity index (χ4n) is 7.28. The lowest BCUT2D eigenvalue weighted by molar-refractivity contribution is -0.122. The first kappa shape index (κ1) is 28.0. The first-order valence-electron chi connectivity index (χ1n) is 17.0. The second kappa shape index (κ2) is 9.62. The number of benzene rings is 2. The van der Waals surface area contributed by atoms with Crippen molar-refractivity contribution in [3.05, 3.63) is 71.6 Å². The lowest BCUT2D eigenvalue weighted by Gasteiger charge is -2.19. The fraction of sp³-hybridized carbons (Fsp3) is 0.486. The summed E-state index contributed by atoms with van der Waals surface area (Å²) >= 11 is 0. The van der Waals surface area contributed by atoms with Gasteiger partial charge in [0.25, 0.3) is 0 Å². The lowest BCUT2D eigenvalue weighted by Crippen LogP contribution is -2.37. The van der Waals surface area contributed by atoms with Gasteiger partial charge >= 0.3 is 0 Å². The molecule has 0 bridgehead atoms. The van der Waals surface area contributed by atoms with Crippen LogP contribution in [0.15, 0.2) is 53.3 Å². The van der Waals surface area contributed by atoms with Crippen LogP contribution >= 0.6 is 0 Å². The van der Waals surface area contributed by atoms with Gasteiger partial charge in [-0.2, -0.15) is 0 Å². The summed E-state index contributed by atoms with van der Waals surface area (Å²) in [6, 6.07) is 13.3. The van der Waals surface area contributed by atoms with E-state index < -0.39 is 10.8 Å². The van der Waals surface area contributed by atoms with Crippen LogP contribution in [-0.2, 0) is 20.4 Å². The normalized spacial score (nSPS) is 22.5. The molecule has 0 spiro atoms. The van der Waals surface area contributed by atoms with Gasteiger partial charge in [0.05, 0.1) is 22.8 Å². The topological polar surface area (TPSA) is 97.4 Å². The highest BCUT2D eigenvalue weighted by molar-refractivity contribution is 6.09. The van der Waals surface area contributed by atoms with E-state index >= 15 is 0 Å². The zero-order valence-corrected chi connectivity index (χ0v) is 27.0. The summed E-state index contributed by atoms with van der Waals surface area (Å²) in [5.74, 6) is 2.87. The van der Waals surface area contributed by atoms with E-state index in [-0.39, 0.29) is 11.8 Å². The number of amides is 2. The Morgan fingerprint density at radius 1 is 0.717 bits per heavy atom. The number of rotatable bonds is 6. The molecule has 9 heteroatoms. The van der Waals surface area contributed by atoms with E-state index in [1.165, 1.54) is 18.5 Å². The molecule has 0 unspecified atom stereocenters. The van der Waals surface area contributed by atoms with Gasteiger partial charge in [0.2, 0.25) is 23.6 Å². The Morgan fingerprint density at radius 2 is 1.30 bits per heavy atom. The number of carbonyl (C=O) groups is 2. The number of hydrogen-bond donors (Lipinski definition) is 0. The molecule has 0 saturated heterocycles. The molecule has 0 radical (unpaired) electrons. The number of carbonyl (C=O) groups excluding carboxylic acids is 2. The molecule has 2 aromatic heterocycles. The highest BCUT2D eigenvalue weighted by Crippen LogP contribution is 2.49. The molecule has 4 saturated carbocycles. The van der Waals surface area contributed by atoms with Crippen molar-refractivity contribution in [2.45, 2.75) is 114 Å². The molecule has 6 aliphatic rings. The number of imidazole rings is 1. The molecule has 0 N–H and O–H groups in total. The highest BCUT2D eigenvalue weighted by Gasteiger charge is 2.50. The maximum atomic E-state index is 12.9. The van der Waals surface area contributed by atoms with Gasteiger partial charge in [-0.25, -0.2) is 4.98 Å². The summed E-state index contributed by atoms with van der Waals surface area (Å²) in [5, 5.41) is 8.35. The largest absolute Gasteiger partial charge is 0.420 e. The summed E-state index contributed by atoms with van der Waals surface area (Å²) in [6.07, 6.45) is 13.1. The average Bonchev–Trinajstić information content (AvgIpc) is 3.84. The Balaban J connectivity index is 0.000000127. The monoisotopic (exact) mass is 616 g/mol. The SMILES string of the molecule is CC1(C)C(=O)N(C2CC2)c2cc(-c3nnc(C4CC4)o3)ccc21.CC1(C)C(=O)N(C2CC2)c2cc(-n3cncc3C3CC3)ccc21. The molecule has 46 heavy (non-hydrogen) atoms. The standard InChI is InChI=1S/C19H21N3O.C18H19N3O2/c1-19(2)15-8-7-14(21-11-20-10-17(21)12-3-4-12)9-16(15)22(18(19)23)13-5-6-13;1-18(2)13-8-5-11(16-20-19-15(23-16)10-3-4-10)9-14(13)21(17(18)22)12-6-7-12/h7-13H,3-6H2,1-2H3;5,8-10,12H,3-4,6-7H2,1-2H3. The third-order valence-corrected chi connectivity index (χ3v) is 10.7. The summed E-state index contributed by atoms with van der Waals surface area (Å²) in [4.78, 5) is 34.0. The molecule has 10 rings (SSSR count). The summed E-state index contributed by atoms with van der Waals surface area (Å²) < 4.78 is 8.01. The second-order valence-electron chi connectivity index (χ2n) is 15.2. The lowest BCUT2D eigenvalue weighted by atomic mass is 9.86. The quantitative estimate of drug-likeness (QED) is 0.233. The maximum absolute atomic E-state index is 12.9. The van der Waals surface area contributed by atoms with Crippen LogP contribution in [0.5, 0.6) is 0 Å². The van der Waals surface area contributed by atoms with Gasteiger partial charge in [0, 0.05) is 52.7 Å². The van der Waals surface area contributed by atoms with Crippen molar-refractivity contribution in [1.29, 1.82) is 0 Å². The van der Waals surface area contributed by atoms with Crippen molar-refractivity contribution in [3.63, 3.8) is 0 Å². The molecular formula is C37H40N6O3. The minimum Gasteiger partial charge on any atom is -0.420 e. The van der Waals surface area contributed by atoms with Gasteiger partial charge in [-0.1, -0.05) is 12.1 Å². The Kier molecular flexibility index (Phi) is 5.86. The minimum atomic E-state index is -0.454. The predicted octanol–water partition coefficient (Wildman–Crippen LogP) is 6.94. The van der Waals surface area contributed by atoms with E-state index in [9.17, 15) is 9.59 Å². The number of anilines is 2. The third-order valence-electron chi connectivity index (χ3n) is 10.7. The van der Waals surface area contributed by atoms with E-state index in [4.69, 9.17) is 4.42 Å². The third kappa shape index (κ3) is 4.37. The summed E-state index contributed by atoms with van der Waals surface area (Å²) in [5.41, 5.74) is 6.84. The van der Waals surface area contributed by atoms with E-state index in [0.717, 1.165) is 78.2 Å².